The minimum Gasteiger partial charge on any atom is -0.480 e. The van der Waals surface area contributed by atoms with Crippen molar-refractivity contribution in [1.82, 2.24) is 9.62 Å². The van der Waals surface area contributed by atoms with Gasteiger partial charge in [-0.05, 0) is 25.7 Å². The number of carboxylic acids is 1. The SMILES string of the molecule is C/C=C/CC(NC(=O)C(C(C)C)N1CCCS1(=O)=O)C(=O)O. The Labute approximate surface area is 131 Å². The van der Waals surface area contributed by atoms with Gasteiger partial charge in [-0.15, -0.1) is 0 Å². The molecule has 2 N–H and O–H groups in total. The van der Waals surface area contributed by atoms with Crippen LogP contribution in [-0.4, -0.2) is 54.1 Å². The van der Waals surface area contributed by atoms with E-state index in [1.807, 2.05) is 0 Å². The first-order valence-corrected chi connectivity index (χ1v) is 8.95. The number of carboxylic acid groups (broad SMARTS) is 1. The van der Waals surface area contributed by atoms with Crippen LogP contribution in [0.3, 0.4) is 0 Å². The van der Waals surface area contributed by atoms with Crippen LogP contribution < -0.4 is 5.32 Å². The first-order valence-electron chi connectivity index (χ1n) is 7.34. The predicted molar refractivity (Wildman–Crippen MR) is 82.7 cm³/mol. The van der Waals surface area contributed by atoms with Gasteiger partial charge in [0.15, 0.2) is 0 Å². The zero-order valence-corrected chi connectivity index (χ0v) is 14.0. The molecule has 0 bridgehead atoms. The minimum atomic E-state index is -3.44. The molecule has 1 aliphatic heterocycles. The molecular weight excluding hydrogens is 308 g/mol. The number of aliphatic carboxylic acids is 1. The molecule has 1 aliphatic rings. The highest BCUT2D eigenvalue weighted by atomic mass is 32.2. The van der Waals surface area contributed by atoms with Crippen molar-refractivity contribution in [2.45, 2.75) is 45.7 Å². The predicted octanol–water partition coefficient (Wildman–Crippen LogP) is 0.582. The second kappa shape index (κ2) is 7.73. The van der Waals surface area contributed by atoms with Crippen LogP contribution in [-0.2, 0) is 19.6 Å². The van der Waals surface area contributed by atoms with E-state index in [1.165, 1.54) is 4.31 Å². The molecule has 22 heavy (non-hydrogen) atoms. The molecule has 0 spiro atoms. The monoisotopic (exact) mass is 332 g/mol. The maximum absolute atomic E-state index is 12.4. The van der Waals surface area contributed by atoms with Crippen molar-refractivity contribution in [3.63, 3.8) is 0 Å². The molecule has 0 aromatic rings. The van der Waals surface area contributed by atoms with E-state index in [4.69, 9.17) is 5.11 Å². The molecule has 0 aromatic carbocycles. The van der Waals surface area contributed by atoms with Gasteiger partial charge in [0.05, 0.1) is 5.75 Å². The Hall–Kier alpha value is -1.41. The Morgan fingerprint density at radius 1 is 1.36 bits per heavy atom. The average molecular weight is 332 g/mol. The number of hydrogen-bond acceptors (Lipinski definition) is 4. The van der Waals surface area contributed by atoms with E-state index in [2.05, 4.69) is 5.32 Å². The summed E-state index contributed by atoms with van der Waals surface area (Å²) >= 11 is 0. The maximum atomic E-state index is 12.4. The van der Waals surface area contributed by atoms with Gasteiger partial charge in [-0.3, -0.25) is 4.79 Å². The molecule has 1 saturated heterocycles. The lowest BCUT2D eigenvalue weighted by Crippen LogP contribution is -2.54. The average Bonchev–Trinajstić information content (AvgIpc) is 2.74. The van der Waals surface area contributed by atoms with Gasteiger partial charge >= 0.3 is 5.97 Å². The van der Waals surface area contributed by atoms with Gasteiger partial charge in [-0.1, -0.05) is 26.0 Å². The van der Waals surface area contributed by atoms with Gasteiger partial charge in [-0.25, -0.2) is 13.2 Å². The standard InChI is InChI=1S/C14H24N2O5S/c1-4-5-7-11(14(18)19)15-13(17)12(10(2)3)16-8-6-9-22(16,20)21/h4-5,10-12H,6-9H2,1-3H3,(H,15,17)(H,18,19)/b5-4+. The molecule has 0 radical (unpaired) electrons. The Bertz CT molecular complexity index is 541. The molecule has 2 atom stereocenters. The van der Waals surface area contributed by atoms with E-state index in [0.717, 1.165) is 0 Å². The fourth-order valence-corrected chi connectivity index (χ4v) is 4.31. The lowest BCUT2D eigenvalue weighted by Gasteiger charge is -2.29. The van der Waals surface area contributed by atoms with Crippen LogP contribution in [0.4, 0.5) is 0 Å². The van der Waals surface area contributed by atoms with E-state index in [-0.39, 0.29) is 18.1 Å². The van der Waals surface area contributed by atoms with Crippen molar-refractivity contribution >= 4 is 21.9 Å². The van der Waals surface area contributed by atoms with Crippen LogP contribution in [0.1, 0.15) is 33.6 Å². The topological polar surface area (TPSA) is 104 Å². The maximum Gasteiger partial charge on any atom is 0.326 e. The zero-order chi connectivity index (χ0) is 16.9. The third-order valence-electron chi connectivity index (χ3n) is 3.57. The van der Waals surface area contributed by atoms with Crippen molar-refractivity contribution in [2.24, 2.45) is 5.92 Å². The molecule has 0 aromatic heterocycles. The summed E-state index contributed by atoms with van der Waals surface area (Å²) < 4.78 is 25.2. The van der Waals surface area contributed by atoms with Crippen LogP contribution in [0, 0.1) is 5.92 Å². The number of nitrogens with one attached hydrogen (secondary N) is 1. The quantitative estimate of drug-likeness (QED) is 0.664. The fourth-order valence-electron chi connectivity index (χ4n) is 2.49. The van der Waals surface area contributed by atoms with E-state index < -0.39 is 34.0 Å². The molecule has 2 unspecified atom stereocenters. The summed E-state index contributed by atoms with van der Waals surface area (Å²) in [6.45, 7) is 5.55. The Morgan fingerprint density at radius 3 is 2.41 bits per heavy atom. The van der Waals surface area contributed by atoms with Crippen LogP contribution in [0.2, 0.25) is 0 Å². The van der Waals surface area contributed by atoms with Crippen molar-refractivity contribution in [1.29, 1.82) is 0 Å². The minimum absolute atomic E-state index is 0.0322. The van der Waals surface area contributed by atoms with E-state index in [0.29, 0.717) is 13.0 Å². The summed E-state index contributed by atoms with van der Waals surface area (Å²) in [6, 6.07) is -1.93. The number of carbonyl (C=O) groups excluding carboxylic acids is 1. The third-order valence-corrected chi connectivity index (χ3v) is 5.50. The van der Waals surface area contributed by atoms with Crippen LogP contribution >= 0.6 is 0 Å². The highest BCUT2D eigenvalue weighted by molar-refractivity contribution is 7.89. The zero-order valence-electron chi connectivity index (χ0n) is 13.2. The highest BCUT2D eigenvalue weighted by Gasteiger charge is 2.40. The molecule has 1 fully saturated rings. The summed E-state index contributed by atoms with van der Waals surface area (Å²) in [7, 11) is -3.44. The number of rotatable bonds is 7. The van der Waals surface area contributed by atoms with Gasteiger partial charge in [0, 0.05) is 6.54 Å². The van der Waals surface area contributed by atoms with Gasteiger partial charge in [-0.2, -0.15) is 4.31 Å². The summed E-state index contributed by atoms with van der Waals surface area (Å²) in [6.07, 6.45) is 4.00. The molecule has 1 amide bonds. The number of nitrogens with zero attached hydrogens (tertiary/aromatic N) is 1. The summed E-state index contributed by atoms with van der Waals surface area (Å²) in [5.74, 6) is -1.91. The number of sulfonamides is 1. The largest absolute Gasteiger partial charge is 0.480 e. The second-order valence-electron chi connectivity index (χ2n) is 5.67. The highest BCUT2D eigenvalue weighted by Crippen LogP contribution is 2.22. The van der Waals surface area contributed by atoms with E-state index in [1.54, 1.807) is 32.9 Å². The summed E-state index contributed by atoms with van der Waals surface area (Å²) in [5.41, 5.74) is 0. The Balaban J connectivity index is 2.92. The van der Waals surface area contributed by atoms with Crippen LogP contribution in [0.15, 0.2) is 12.2 Å². The number of amides is 1. The lowest BCUT2D eigenvalue weighted by molar-refractivity contribution is -0.142. The van der Waals surface area contributed by atoms with Crippen molar-refractivity contribution in [3.8, 4) is 0 Å². The van der Waals surface area contributed by atoms with Gasteiger partial charge < -0.3 is 10.4 Å². The van der Waals surface area contributed by atoms with Crippen molar-refractivity contribution < 1.29 is 23.1 Å². The summed E-state index contributed by atoms with van der Waals surface area (Å²) in [4.78, 5) is 23.6. The number of allylic oxidation sites excluding steroid dienone is 1. The third kappa shape index (κ3) is 4.54. The van der Waals surface area contributed by atoms with Crippen molar-refractivity contribution in [2.75, 3.05) is 12.3 Å². The normalized spacial score (nSPS) is 21.1. The van der Waals surface area contributed by atoms with E-state index in [9.17, 15) is 18.0 Å². The fraction of sp³-hybridized carbons (Fsp3) is 0.714. The van der Waals surface area contributed by atoms with Gasteiger partial charge in [0.2, 0.25) is 15.9 Å². The molecular formula is C14H24N2O5S. The number of carbonyl (C=O) groups is 2. The Morgan fingerprint density at radius 2 is 2.00 bits per heavy atom. The summed E-state index contributed by atoms with van der Waals surface area (Å²) in [5, 5.41) is 11.6. The van der Waals surface area contributed by atoms with Gasteiger partial charge in [0.25, 0.3) is 0 Å². The molecule has 0 aliphatic carbocycles. The molecule has 7 nitrogen and oxygen atoms in total. The molecule has 8 heteroatoms. The van der Waals surface area contributed by atoms with Crippen LogP contribution in [0.5, 0.6) is 0 Å². The molecule has 1 heterocycles. The first kappa shape index (κ1) is 18.6. The van der Waals surface area contributed by atoms with E-state index >= 15 is 0 Å². The Kier molecular flexibility index (Phi) is 6.55. The second-order valence-corrected chi connectivity index (χ2v) is 7.71. The molecule has 1 rings (SSSR count). The lowest BCUT2D eigenvalue weighted by atomic mass is 10.0. The first-order chi connectivity index (χ1) is 10.2. The molecule has 126 valence electrons. The smallest absolute Gasteiger partial charge is 0.326 e. The van der Waals surface area contributed by atoms with Crippen molar-refractivity contribution in [3.05, 3.63) is 12.2 Å². The molecule has 0 saturated carbocycles. The van der Waals surface area contributed by atoms with Gasteiger partial charge in [0.1, 0.15) is 12.1 Å². The number of hydrogen-bond donors (Lipinski definition) is 2. The van der Waals surface area contributed by atoms with Crippen LogP contribution in [0.25, 0.3) is 0 Å².